The van der Waals surface area contributed by atoms with Gasteiger partial charge in [0, 0.05) is 46.8 Å². The standard InChI is InChI=1S/C11H23N3O/c1-10(2)9-13-5-7-14(8-6-13)11(15)12(3)4/h10H,5-9H2,1-4H3. The van der Waals surface area contributed by atoms with Crippen LogP contribution in [-0.2, 0) is 0 Å². The van der Waals surface area contributed by atoms with Crippen molar-refractivity contribution < 1.29 is 4.79 Å². The summed E-state index contributed by atoms with van der Waals surface area (Å²) in [5.41, 5.74) is 0. The number of hydrogen-bond donors (Lipinski definition) is 0. The maximum absolute atomic E-state index is 11.7. The van der Waals surface area contributed by atoms with E-state index in [1.54, 1.807) is 4.90 Å². The van der Waals surface area contributed by atoms with Crippen molar-refractivity contribution in [2.24, 2.45) is 5.92 Å². The smallest absolute Gasteiger partial charge is 0.319 e. The fourth-order valence-electron chi connectivity index (χ4n) is 1.92. The van der Waals surface area contributed by atoms with Gasteiger partial charge in [0.05, 0.1) is 0 Å². The predicted molar refractivity (Wildman–Crippen MR) is 61.9 cm³/mol. The summed E-state index contributed by atoms with van der Waals surface area (Å²) in [5.74, 6) is 0.709. The number of piperazine rings is 1. The van der Waals surface area contributed by atoms with Gasteiger partial charge in [0.15, 0.2) is 0 Å². The molecule has 0 aromatic heterocycles. The summed E-state index contributed by atoms with van der Waals surface area (Å²) in [6, 6.07) is 0.138. The normalized spacial score (nSPS) is 18.3. The lowest BCUT2D eigenvalue weighted by molar-refractivity contribution is 0.117. The Balaban J connectivity index is 2.32. The Morgan fingerprint density at radius 1 is 1.20 bits per heavy atom. The van der Waals surface area contributed by atoms with Crippen molar-refractivity contribution in [2.75, 3.05) is 46.8 Å². The fraction of sp³-hybridized carbons (Fsp3) is 0.909. The highest BCUT2D eigenvalue weighted by Gasteiger charge is 2.21. The molecule has 1 aliphatic heterocycles. The van der Waals surface area contributed by atoms with E-state index in [0.29, 0.717) is 5.92 Å². The second-order valence-corrected chi connectivity index (χ2v) is 4.86. The lowest BCUT2D eigenvalue weighted by Crippen LogP contribution is -2.51. The summed E-state index contributed by atoms with van der Waals surface area (Å²) in [4.78, 5) is 17.7. The Morgan fingerprint density at radius 3 is 2.13 bits per heavy atom. The van der Waals surface area contributed by atoms with Crippen LogP contribution in [0.1, 0.15) is 13.8 Å². The molecule has 15 heavy (non-hydrogen) atoms. The molecule has 0 unspecified atom stereocenters. The monoisotopic (exact) mass is 213 g/mol. The minimum absolute atomic E-state index is 0.138. The van der Waals surface area contributed by atoms with Gasteiger partial charge in [0.2, 0.25) is 0 Å². The largest absolute Gasteiger partial charge is 0.331 e. The molecule has 2 amide bonds. The van der Waals surface area contributed by atoms with E-state index in [2.05, 4.69) is 18.7 Å². The van der Waals surface area contributed by atoms with E-state index < -0.39 is 0 Å². The van der Waals surface area contributed by atoms with Gasteiger partial charge in [-0.25, -0.2) is 4.79 Å². The first kappa shape index (κ1) is 12.3. The lowest BCUT2D eigenvalue weighted by atomic mass is 10.2. The highest BCUT2D eigenvalue weighted by molar-refractivity contribution is 5.73. The van der Waals surface area contributed by atoms with Gasteiger partial charge in [-0.2, -0.15) is 0 Å². The quantitative estimate of drug-likeness (QED) is 0.682. The molecule has 1 heterocycles. The van der Waals surface area contributed by atoms with E-state index in [-0.39, 0.29) is 6.03 Å². The van der Waals surface area contributed by atoms with E-state index in [1.165, 1.54) is 0 Å². The van der Waals surface area contributed by atoms with Crippen LogP contribution in [0, 0.1) is 5.92 Å². The molecule has 0 atom stereocenters. The van der Waals surface area contributed by atoms with E-state index in [1.807, 2.05) is 19.0 Å². The van der Waals surface area contributed by atoms with Crippen LogP contribution in [-0.4, -0.2) is 67.5 Å². The molecule has 1 saturated heterocycles. The second kappa shape index (κ2) is 5.35. The van der Waals surface area contributed by atoms with E-state index in [9.17, 15) is 4.79 Å². The Morgan fingerprint density at radius 2 is 1.73 bits per heavy atom. The lowest BCUT2D eigenvalue weighted by Gasteiger charge is -2.36. The predicted octanol–water partition coefficient (Wildman–Crippen LogP) is 0.942. The van der Waals surface area contributed by atoms with E-state index >= 15 is 0 Å². The van der Waals surface area contributed by atoms with E-state index in [0.717, 1.165) is 32.7 Å². The molecular weight excluding hydrogens is 190 g/mol. The summed E-state index contributed by atoms with van der Waals surface area (Å²) in [6.07, 6.45) is 0. The minimum Gasteiger partial charge on any atom is -0.331 e. The fourth-order valence-corrected chi connectivity index (χ4v) is 1.92. The molecule has 0 N–H and O–H groups in total. The molecule has 1 fully saturated rings. The zero-order valence-electron chi connectivity index (χ0n) is 10.4. The van der Waals surface area contributed by atoms with E-state index in [4.69, 9.17) is 0 Å². The van der Waals surface area contributed by atoms with Crippen molar-refractivity contribution >= 4 is 6.03 Å². The summed E-state index contributed by atoms with van der Waals surface area (Å²) in [5, 5.41) is 0. The van der Waals surface area contributed by atoms with Crippen LogP contribution in [0.4, 0.5) is 4.79 Å². The number of urea groups is 1. The topological polar surface area (TPSA) is 26.8 Å². The van der Waals surface area contributed by atoms with Crippen molar-refractivity contribution in [3.05, 3.63) is 0 Å². The van der Waals surface area contributed by atoms with Crippen LogP contribution < -0.4 is 0 Å². The number of nitrogens with zero attached hydrogens (tertiary/aromatic N) is 3. The van der Waals surface area contributed by atoms with Gasteiger partial charge in [-0.15, -0.1) is 0 Å². The number of amides is 2. The van der Waals surface area contributed by atoms with Crippen molar-refractivity contribution in [1.82, 2.24) is 14.7 Å². The zero-order valence-corrected chi connectivity index (χ0v) is 10.4. The third-order valence-corrected chi connectivity index (χ3v) is 2.65. The summed E-state index contributed by atoms with van der Waals surface area (Å²) in [6.45, 7) is 9.36. The molecule has 4 nitrogen and oxygen atoms in total. The average molecular weight is 213 g/mol. The van der Waals surface area contributed by atoms with Crippen LogP contribution in [0.3, 0.4) is 0 Å². The maximum atomic E-state index is 11.7. The molecule has 0 aliphatic carbocycles. The number of rotatable bonds is 2. The van der Waals surface area contributed by atoms with Crippen molar-refractivity contribution in [3.63, 3.8) is 0 Å². The van der Waals surface area contributed by atoms with Crippen LogP contribution in [0.2, 0.25) is 0 Å². The first-order chi connectivity index (χ1) is 7.00. The maximum Gasteiger partial charge on any atom is 0.319 e. The molecule has 0 spiro atoms. The van der Waals surface area contributed by atoms with Crippen LogP contribution in [0.5, 0.6) is 0 Å². The number of hydrogen-bond acceptors (Lipinski definition) is 2. The molecule has 4 heteroatoms. The van der Waals surface area contributed by atoms with Gasteiger partial charge in [-0.3, -0.25) is 4.90 Å². The van der Waals surface area contributed by atoms with Gasteiger partial charge < -0.3 is 9.80 Å². The molecule has 0 aromatic carbocycles. The van der Waals surface area contributed by atoms with Gasteiger partial charge >= 0.3 is 6.03 Å². The van der Waals surface area contributed by atoms with Crippen molar-refractivity contribution in [2.45, 2.75) is 13.8 Å². The highest BCUT2D eigenvalue weighted by Crippen LogP contribution is 2.06. The Kier molecular flexibility index (Phi) is 4.39. The van der Waals surface area contributed by atoms with Crippen LogP contribution >= 0.6 is 0 Å². The van der Waals surface area contributed by atoms with Crippen molar-refractivity contribution in [1.29, 1.82) is 0 Å². The van der Waals surface area contributed by atoms with Crippen molar-refractivity contribution in [3.8, 4) is 0 Å². The Hall–Kier alpha value is -0.770. The summed E-state index contributed by atoms with van der Waals surface area (Å²) < 4.78 is 0. The molecule has 0 radical (unpaired) electrons. The minimum atomic E-state index is 0.138. The summed E-state index contributed by atoms with van der Waals surface area (Å²) >= 11 is 0. The number of carbonyl (C=O) groups is 1. The SMILES string of the molecule is CC(C)CN1CCN(C(=O)N(C)C)CC1. The molecule has 1 aliphatic rings. The first-order valence-electron chi connectivity index (χ1n) is 5.69. The second-order valence-electron chi connectivity index (χ2n) is 4.86. The number of carbonyl (C=O) groups excluding carboxylic acids is 1. The van der Waals surface area contributed by atoms with Crippen LogP contribution in [0.25, 0.3) is 0 Å². The first-order valence-corrected chi connectivity index (χ1v) is 5.69. The van der Waals surface area contributed by atoms with Gasteiger partial charge in [-0.1, -0.05) is 13.8 Å². The molecule has 0 saturated carbocycles. The third kappa shape index (κ3) is 3.70. The average Bonchev–Trinajstić information content (AvgIpc) is 2.17. The highest BCUT2D eigenvalue weighted by atomic mass is 16.2. The summed E-state index contributed by atoms with van der Waals surface area (Å²) in [7, 11) is 3.62. The van der Waals surface area contributed by atoms with Gasteiger partial charge in [0.25, 0.3) is 0 Å². The third-order valence-electron chi connectivity index (χ3n) is 2.65. The Labute approximate surface area is 92.8 Å². The molecule has 1 rings (SSSR count). The van der Waals surface area contributed by atoms with Crippen LogP contribution in [0.15, 0.2) is 0 Å². The molecule has 88 valence electrons. The van der Waals surface area contributed by atoms with Gasteiger partial charge in [-0.05, 0) is 5.92 Å². The Bertz CT molecular complexity index is 208. The van der Waals surface area contributed by atoms with Gasteiger partial charge in [0.1, 0.15) is 0 Å². The zero-order chi connectivity index (χ0) is 11.4. The molecule has 0 bridgehead atoms. The molecular formula is C11H23N3O. The molecule has 0 aromatic rings.